The zero-order valence-corrected chi connectivity index (χ0v) is 12.2. The van der Waals surface area contributed by atoms with Crippen LogP contribution in [-0.2, 0) is 13.1 Å². The van der Waals surface area contributed by atoms with Gasteiger partial charge in [-0.15, -0.1) is 0 Å². The van der Waals surface area contributed by atoms with Gasteiger partial charge in [-0.2, -0.15) is 10.2 Å². The summed E-state index contributed by atoms with van der Waals surface area (Å²) in [6.45, 7) is 4.15. The minimum atomic E-state index is -0.123. The molecule has 2 aromatic rings. The molecule has 1 aliphatic rings. The molecule has 1 saturated carbocycles. The van der Waals surface area contributed by atoms with E-state index >= 15 is 0 Å². The number of hydrogen-bond acceptors (Lipinski definition) is 5. The first-order valence-corrected chi connectivity index (χ1v) is 7.44. The Labute approximate surface area is 123 Å². The summed E-state index contributed by atoms with van der Waals surface area (Å²) in [6, 6.07) is 1.59. The van der Waals surface area contributed by atoms with Gasteiger partial charge in [0.2, 0.25) is 0 Å². The van der Waals surface area contributed by atoms with Gasteiger partial charge in [0, 0.05) is 19.2 Å². The third-order valence-electron chi connectivity index (χ3n) is 3.58. The Bertz CT molecular complexity index is 657. The molecule has 7 nitrogen and oxygen atoms in total. The molecule has 2 aromatic heterocycles. The van der Waals surface area contributed by atoms with Gasteiger partial charge in [-0.3, -0.25) is 4.79 Å². The van der Waals surface area contributed by atoms with Gasteiger partial charge >= 0.3 is 0 Å². The highest BCUT2D eigenvalue weighted by Crippen LogP contribution is 2.28. The first-order valence-electron chi connectivity index (χ1n) is 7.44. The number of nitrogens with one attached hydrogen (secondary N) is 1. The standard InChI is InChI=1S/C14H20N6O/c1-2-5-19-13(16-10-18-19)9-20-14(21)6-12(8-17-20)15-7-11-3-4-11/h6,8,10-11,15H,2-5,7,9H2,1H3. The topological polar surface area (TPSA) is 77.6 Å². The van der Waals surface area contributed by atoms with E-state index in [1.165, 1.54) is 23.9 Å². The molecule has 0 bridgehead atoms. The van der Waals surface area contributed by atoms with Crippen LogP contribution in [0.15, 0.2) is 23.4 Å². The first kappa shape index (κ1) is 13.8. The molecule has 1 aliphatic carbocycles. The third kappa shape index (κ3) is 3.48. The molecule has 7 heteroatoms. The Hall–Kier alpha value is -2.18. The zero-order chi connectivity index (χ0) is 14.7. The van der Waals surface area contributed by atoms with E-state index in [0.717, 1.165) is 36.9 Å². The molecule has 112 valence electrons. The van der Waals surface area contributed by atoms with E-state index in [1.807, 2.05) is 4.68 Å². The quantitative estimate of drug-likeness (QED) is 0.826. The maximum absolute atomic E-state index is 12.1. The number of hydrogen-bond donors (Lipinski definition) is 1. The Balaban J connectivity index is 1.69. The summed E-state index contributed by atoms with van der Waals surface area (Å²) >= 11 is 0. The maximum Gasteiger partial charge on any atom is 0.269 e. The largest absolute Gasteiger partial charge is 0.383 e. The van der Waals surface area contributed by atoms with E-state index in [0.29, 0.717) is 6.54 Å². The smallest absolute Gasteiger partial charge is 0.269 e. The summed E-state index contributed by atoms with van der Waals surface area (Å²) in [5.74, 6) is 1.52. The molecule has 0 atom stereocenters. The van der Waals surface area contributed by atoms with Gasteiger partial charge in [-0.25, -0.2) is 14.3 Å². The summed E-state index contributed by atoms with van der Waals surface area (Å²) < 4.78 is 3.23. The van der Waals surface area contributed by atoms with Crippen molar-refractivity contribution in [2.75, 3.05) is 11.9 Å². The van der Waals surface area contributed by atoms with Crippen LogP contribution in [0.2, 0.25) is 0 Å². The van der Waals surface area contributed by atoms with Crippen molar-refractivity contribution in [1.29, 1.82) is 0 Å². The zero-order valence-electron chi connectivity index (χ0n) is 12.2. The van der Waals surface area contributed by atoms with Crippen LogP contribution in [0.25, 0.3) is 0 Å². The summed E-state index contributed by atoms with van der Waals surface area (Å²) in [5.41, 5.74) is 0.667. The highest BCUT2D eigenvalue weighted by atomic mass is 16.1. The van der Waals surface area contributed by atoms with Gasteiger partial charge in [0.05, 0.1) is 11.9 Å². The second-order valence-electron chi connectivity index (χ2n) is 5.46. The lowest BCUT2D eigenvalue weighted by atomic mass is 10.4. The second-order valence-corrected chi connectivity index (χ2v) is 5.46. The molecule has 0 unspecified atom stereocenters. The lowest BCUT2D eigenvalue weighted by Crippen LogP contribution is -2.25. The number of aryl methyl sites for hydroxylation is 1. The van der Waals surface area contributed by atoms with Crippen molar-refractivity contribution in [1.82, 2.24) is 24.5 Å². The van der Waals surface area contributed by atoms with Gasteiger partial charge in [0.25, 0.3) is 5.56 Å². The fourth-order valence-corrected chi connectivity index (χ4v) is 2.18. The molecule has 2 heterocycles. The summed E-state index contributed by atoms with van der Waals surface area (Å²) in [6.07, 6.45) is 6.75. The van der Waals surface area contributed by atoms with Crippen molar-refractivity contribution in [3.63, 3.8) is 0 Å². The van der Waals surface area contributed by atoms with Crippen LogP contribution >= 0.6 is 0 Å². The number of anilines is 1. The molecule has 0 spiro atoms. The molecule has 21 heavy (non-hydrogen) atoms. The Morgan fingerprint density at radius 1 is 1.33 bits per heavy atom. The lowest BCUT2D eigenvalue weighted by molar-refractivity contribution is 0.528. The second kappa shape index (κ2) is 6.07. The van der Waals surface area contributed by atoms with Gasteiger partial charge in [0.15, 0.2) is 0 Å². The van der Waals surface area contributed by atoms with E-state index in [-0.39, 0.29) is 5.56 Å². The number of rotatable bonds is 7. The van der Waals surface area contributed by atoms with Crippen molar-refractivity contribution >= 4 is 5.69 Å². The Morgan fingerprint density at radius 2 is 2.19 bits per heavy atom. The van der Waals surface area contributed by atoms with E-state index < -0.39 is 0 Å². The molecular formula is C14H20N6O. The van der Waals surface area contributed by atoms with Gasteiger partial charge < -0.3 is 5.32 Å². The molecule has 0 saturated heterocycles. The fraction of sp³-hybridized carbons (Fsp3) is 0.571. The highest BCUT2D eigenvalue weighted by Gasteiger charge is 2.20. The van der Waals surface area contributed by atoms with Crippen molar-refractivity contribution in [3.05, 3.63) is 34.8 Å². The highest BCUT2D eigenvalue weighted by molar-refractivity contribution is 5.39. The minimum absolute atomic E-state index is 0.123. The number of aromatic nitrogens is 5. The van der Waals surface area contributed by atoms with Crippen LogP contribution in [-0.4, -0.2) is 31.1 Å². The SMILES string of the molecule is CCCn1ncnc1Cn1ncc(NCC2CC2)cc1=O. The van der Waals surface area contributed by atoms with Gasteiger partial charge in [-0.1, -0.05) is 6.92 Å². The van der Waals surface area contributed by atoms with Crippen molar-refractivity contribution in [2.24, 2.45) is 5.92 Å². The Kier molecular flexibility index (Phi) is 3.98. The fourth-order valence-electron chi connectivity index (χ4n) is 2.18. The van der Waals surface area contributed by atoms with Crippen LogP contribution < -0.4 is 10.9 Å². The van der Waals surface area contributed by atoms with Crippen molar-refractivity contribution < 1.29 is 0 Å². The monoisotopic (exact) mass is 288 g/mol. The van der Waals surface area contributed by atoms with Crippen LogP contribution in [0.3, 0.4) is 0 Å². The number of nitrogens with zero attached hydrogens (tertiary/aromatic N) is 5. The molecule has 3 rings (SSSR count). The molecule has 0 radical (unpaired) electrons. The first-order chi connectivity index (χ1) is 10.3. The lowest BCUT2D eigenvalue weighted by Gasteiger charge is -2.08. The molecule has 0 aromatic carbocycles. The van der Waals surface area contributed by atoms with E-state index in [2.05, 4.69) is 27.4 Å². The molecule has 1 fully saturated rings. The van der Waals surface area contributed by atoms with Crippen molar-refractivity contribution in [2.45, 2.75) is 39.3 Å². The molecule has 1 N–H and O–H groups in total. The molecule has 0 amide bonds. The summed E-state index contributed by atoms with van der Waals surface area (Å²) in [5, 5.41) is 11.6. The molecular weight excluding hydrogens is 268 g/mol. The van der Waals surface area contributed by atoms with Crippen LogP contribution in [0.5, 0.6) is 0 Å². The van der Waals surface area contributed by atoms with Crippen LogP contribution in [0, 0.1) is 5.92 Å². The molecule has 0 aliphatic heterocycles. The summed E-state index contributed by atoms with van der Waals surface area (Å²) in [7, 11) is 0. The van der Waals surface area contributed by atoms with Gasteiger partial charge in [0.1, 0.15) is 18.7 Å². The van der Waals surface area contributed by atoms with Crippen LogP contribution in [0.1, 0.15) is 32.0 Å². The predicted octanol–water partition coefficient (Wildman–Crippen LogP) is 1.11. The summed E-state index contributed by atoms with van der Waals surface area (Å²) in [4.78, 5) is 16.3. The van der Waals surface area contributed by atoms with Crippen LogP contribution in [0.4, 0.5) is 5.69 Å². The Morgan fingerprint density at radius 3 is 2.90 bits per heavy atom. The predicted molar refractivity (Wildman–Crippen MR) is 79.1 cm³/mol. The normalized spacial score (nSPS) is 14.3. The minimum Gasteiger partial charge on any atom is -0.383 e. The maximum atomic E-state index is 12.1. The van der Waals surface area contributed by atoms with E-state index in [1.54, 1.807) is 12.3 Å². The van der Waals surface area contributed by atoms with E-state index in [9.17, 15) is 4.79 Å². The van der Waals surface area contributed by atoms with Gasteiger partial charge in [-0.05, 0) is 25.2 Å². The average molecular weight is 288 g/mol. The average Bonchev–Trinajstić information content (AvgIpc) is 3.21. The van der Waals surface area contributed by atoms with Crippen molar-refractivity contribution in [3.8, 4) is 0 Å². The third-order valence-corrected chi connectivity index (χ3v) is 3.58. The van der Waals surface area contributed by atoms with E-state index in [4.69, 9.17) is 0 Å².